The van der Waals surface area contributed by atoms with E-state index in [1.807, 2.05) is 5.32 Å². The lowest BCUT2D eigenvalue weighted by Gasteiger charge is -2.25. The van der Waals surface area contributed by atoms with Crippen LogP contribution in [0.5, 0.6) is 0 Å². The molecule has 1 aliphatic rings. The number of methoxy groups -OCH3 is 1. The van der Waals surface area contributed by atoms with Gasteiger partial charge in [0.05, 0.1) is 36.8 Å². The largest absolute Gasteiger partial charge is 0.490 e. The number of hydrogen-bond donors (Lipinski definition) is 3. The van der Waals surface area contributed by atoms with Crippen LogP contribution in [0.3, 0.4) is 0 Å². The van der Waals surface area contributed by atoms with Gasteiger partial charge in [0.2, 0.25) is 0 Å². The number of rotatable bonds is 8. The number of aromatic nitrogens is 3. The lowest BCUT2D eigenvalue weighted by atomic mass is 10.1. The maximum atomic E-state index is 13.0. The normalized spacial score (nSPS) is 19.3. The third kappa shape index (κ3) is 9.05. The summed E-state index contributed by atoms with van der Waals surface area (Å²) < 4.78 is 120. The molecule has 4 N–H and O–H groups in total. The predicted molar refractivity (Wildman–Crippen MR) is 119 cm³/mol. The smallest absolute Gasteiger partial charge is 0.475 e. The lowest BCUT2D eigenvalue weighted by molar-refractivity contribution is -0.227. The van der Waals surface area contributed by atoms with Crippen LogP contribution in [0.25, 0.3) is 5.65 Å². The molecule has 0 bridgehead atoms. The number of alkyl halides is 9. The van der Waals surface area contributed by atoms with Crippen molar-refractivity contribution in [3.8, 4) is 0 Å². The molecule has 20 heteroatoms. The summed E-state index contributed by atoms with van der Waals surface area (Å²) in [6, 6.07) is -2.32. The van der Waals surface area contributed by atoms with Crippen LogP contribution in [-0.2, 0) is 20.7 Å². The van der Waals surface area contributed by atoms with Crippen LogP contribution in [0.2, 0.25) is 0 Å². The van der Waals surface area contributed by atoms with E-state index in [1.165, 1.54) is 30.9 Å². The predicted octanol–water partition coefficient (Wildman–Crippen LogP) is 3.19. The standard InChI is InChI=1S/C19H24F6N6O3.C2HF3O2/c1-9(34-10(2)18(20,21)22)16(26)12-7-31-14(28-12)4-11(6-27-31)5-15(33-3)30-8-13(19(23,24)25)29-17(30)32;3-2(4,5)1(6)7/h4,6-7,9-10,13,15-16H,5,8,26H2,1-3H3,(H,29,32);(H,6,7)/t9?,10?,13-,15?,16?;/m0./s1. The van der Waals surface area contributed by atoms with Crippen molar-refractivity contribution >= 4 is 17.6 Å². The first kappa shape index (κ1) is 33.8. The second-order valence-corrected chi connectivity index (χ2v) is 8.78. The van der Waals surface area contributed by atoms with Crippen molar-refractivity contribution in [1.29, 1.82) is 0 Å². The van der Waals surface area contributed by atoms with Crippen LogP contribution in [0, 0.1) is 0 Å². The van der Waals surface area contributed by atoms with E-state index < -0.39 is 67.6 Å². The zero-order valence-corrected chi connectivity index (χ0v) is 21.4. The first-order valence-electron chi connectivity index (χ1n) is 11.4. The van der Waals surface area contributed by atoms with Crippen molar-refractivity contribution in [3.05, 3.63) is 29.7 Å². The van der Waals surface area contributed by atoms with Crippen molar-refractivity contribution in [1.82, 2.24) is 24.8 Å². The van der Waals surface area contributed by atoms with E-state index in [0.717, 1.165) is 11.8 Å². The first-order valence-corrected chi connectivity index (χ1v) is 11.4. The molecule has 2 aromatic rings. The molecular weight excluding hydrogens is 587 g/mol. The highest BCUT2D eigenvalue weighted by molar-refractivity contribution is 5.77. The molecule has 2 aromatic heterocycles. The number of fused-ring (bicyclic) bond motifs is 1. The molecule has 1 fully saturated rings. The Morgan fingerprint density at radius 2 is 1.78 bits per heavy atom. The molecule has 3 heterocycles. The fraction of sp³-hybridized carbons (Fsp3) is 0.619. The fourth-order valence-electron chi connectivity index (χ4n) is 3.44. The summed E-state index contributed by atoms with van der Waals surface area (Å²) in [4.78, 5) is 26.1. The minimum Gasteiger partial charge on any atom is -0.475 e. The molecule has 5 atom stereocenters. The van der Waals surface area contributed by atoms with Gasteiger partial charge in [0, 0.05) is 13.5 Å². The molecule has 3 rings (SSSR count). The van der Waals surface area contributed by atoms with Gasteiger partial charge < -0.3 is 25.6 Å². The van der Waals surface area contributed by atoms with Crippen molar-refractivity contribution in [2.24, 2.45) is 5.73 Å². The van der Waals surface area contributed by atoms with Gasteiger partial charge in [-0.15, -0.1) is 0 Å². The summed E-state index contributed by atoms with van der Waals surface area (Å²) >= 11 is 0. The molecule has 0 saturated carbocycles. The van der Waals surface area contributed by atoms with Gasteiger partial charge >= 0.3 is 30.5 Å². The highest BCUT2D eigenvalue weighted by Crippen LogP contribution is 2.28. The van der Waals surface area contributed by atoms with E-state index in [4.69, 9.17) is 25.1 Å². The maximum Gasteiger partial charge on any atom is 0.490 e. The van der Waals surface area contributed by atoms with Crippen molar-refractivity contribution in [3.63, 3.8) is 0 Å². The Morgan fingerprint density at radius 3 is 2.24 bits per heavy atom. The molecule has 232 valence electrons. The molecule has 1 saturated heterocycles. The van der Waals surface area contributed by atoms with Crippen LogP contribution in [-0.4, -0.2) is 93.3 Å². The van der Waals surface area contributed by atoms with Gasteiger partial charge in [0.1, 0.15) is 12.3 Å². The average Bonchev–Trinajstić information content (AvgIpc) is 3.44. The third-order valence-corrected chi connectivity index (χ3v) is 5.73. The summed E-state index contributed by atoms with van der Waals surface area (Å²) in [6.45, 7) is 1.67. The number of nitrogens with two attached hydrogens (primary N) is 1. The Hall–Kier alpha value is -3.39. The minimum atomic E-state index is -5.08. The van der Waals surface area contributed by atoms with Crippen LogP contribution >= 0.6 is 0 Å². The number of urea groups is 1. The quantitative estimate of drug-likeness (QED) is 0.386. The number of carboxylic acids is 1. The van der Waals surface area contributed by atoms with Gasteiger partial charge in [-0.3, -0.25) is 4.90 Å². The van der Waals surface area contributed by atoms with Crippen molar-refractivity contribution in [2.75, 3.05) is 13.7 Å². The van der Waals surface area contributed by atoms with E-state index >= 15 is 0 Å². The lowest BCUT2D eigenvalue weighted by Crippen LogP contribution is -2.41. The number of halogens is 9. The van der Waals surface area contributed by atoms with E-state index in [0.29, 0.717) is 11.2 Å². The molecule has 0 radical (unpaired) electrons. The number of carbonyl (C=O) groups excluding carboxylic acids is 1. The second-order valence-electron chi connectivity index (χ2n) is 8.78. The molecule has 0 aromatic carbocycles. The van der Waals surface area contributed by atoms with Crippen LogP contribution in [0.15, 0.2) is 18.5 Å². The zero-order valence-electron chi connectivity index (χ0n) is 21.4. The number of imidazole rings is 1. The molecule has 1 aliphatic heterocycles. The number of nitrogens with one attached hydrogen (secondary N) is 1. The molecule has 0 spiro atoms. The number of aliphatic carboxylic acids is 1. The summed E-state index contributed by atoms with van der Waals surface area (Å²) in [5.41, 5.74) is 7.06. The molecule has 4 unspecified atom stereocenters. The summed E-state index contributed by atoms with van der Waals surface area (Å²) in [5.74, 6) is -2.76. The maximum absolute atomic E-state index is 13.0. The summed E-state index contributed by atoms with van der Waals surface area (Å²) in [6.07, 6.45) is -15.3. The Morgan fingerprint density at radius 1 is 1.20 bits per heavy atom. The van der Waals surface area contributed by atoms with Gasteiger partial charge in [0.15, 0.2) is 11.8 Å². The Kier molecular flexibility index (Phi) is 10.4. The van der Waals surface area contributed by atoms with E-state index in [-0.39, 0.29) is 12.1 Å². The van der Waals surface area contributed by atoms with Crippen molar-refractivity contribution < 1.29 is 63.7 Å². The Bertz CT molecular complexity index is 1200. The molecule has 41 heavy (non-hydrogen) atoms. The Balaban J connectivity index is 0.000000745. The first-order chi connectivity index (χ1) is 18.6. The van der Waals surface area contributed by atoms with Gasteiger partial charge in [-0.1, -0.05) is 0 Å². The van der Waals surface area contributed by atoms with Gasteiger partial charge in [-0.05, 0) is 25.5 Å². The number of carbonyl (C=O) groups is 2. The van der Waals surface area contributed by atoms with Gasteiger partial charge in [-0.25, -0.2) is 19.1 Å². The molecule has 11 nitrogen and oxygen atoms in total. The summed E-state index contributed by atoms with van der Waals surface area (Å²) in [7, 11) is 1.26. The van der Waals surface area contributed by atoms with Crippen LogP contribution < -0.4 is 11.1 Å². The van der Waals surface area contributed by atoms with Crippen LogP contribution in [0.1, 0.15) is 31.1 Å². The van der Waals surface area contributed by atoms with E-state index in [1.54, 1.807) is 6.07 Å². The number of hydrogen-bond acceptors (Lipinski definition) is 7. The number of carboxylic acid groups (broad SMARTS) is 1. The SMILES string of the molecule is COC(Cc1cnn2cc(C(N)C(C)OC(C)C(F)(F)F)nc2c1)N1C[C@@H](C(F)(F)F)NC1=O.O=C(O)C(F)(F)F. The average molecular weight is 612 g/mol. The summed E-state index contributed by atoms with van der Waals surface area (Å²) in [5, 5.41) is 13.2. The minimum absolute atomic E-state index is 0.0227. The van der Waals surface area contributed by atoms with Crippen LogP contribution in [0.4, 0.5) is 44.3 Å². The second kappa shape index (κ2) is 12.6. The Labute approximate surface area is 225 Å². The van der Waals surface area contributed by atoms with Gasteiger partial charge in [0.25, 0.3) is 0 Å². The van der Waals surface area contributed by atoms with Crippen molar-refractivity contribution in [2.45, 2.75) is 69.3 Å². The van der Waals surface area contributed by atoms with E-state index in [2.05, 4.69) is 10.1 Å². The monoisotopic (exact) mass is 612 g/mol. The molecular formula is C21H25F9N6O5. The number of ether oxygens (including phenoxy) is 2. The zero-order chi connectivity index (χ0) is 31.5. The number of amides is 2. The number of nitrogens with zero attached hydrogens (tertiary/aromatic N) is 4. The highest BCUT2D eigenvalue weighted by Gasteiger charge is 2.48. The third-order valence-electron chi connectivity index (χ3n) is 5.73. The molecule has 0 aliphatic carbocycles. The molecule has 2 amide bonds. The highest BCUT2D eigenvalue weighted by atomic mass is 19.4. The fourth-order valence-corrected chi connectivity index (χ4v) is 3.44. The van der Waals surface area contributed by atoms with E-state index in [9.17, 15) is 44.3 Å². The topological polar surface area (TPSA) is 144 Å². The van der Waals surface area contributed by atoms with Gasteiger partial charge in [-0.2, -0.15) is 44.6 Å².